The smallest absolute Gasteiger partial charge is 0.335 e. The standard InChI is InChI=1S/C15H17NO3/c17-13(12-9-15(12)5-6-15)16-7-4-10-2-1-3-11(8-10)14(18)19/h1-3,8,12H,4-7,9H2,(H,16,17)(H,18,19). The van der Waals surface area contributed by atoms with Crippen molar-refractivity contribution < 1.29 is 14.7 Å². The van der Waals surface area contributed by atoms with Gasteiger partial charge in [-0.25, -0.2) is 4.79 Å². The molecule has 1 unspecified atom stereocenters. The fourth-order valence-corrected chi connectivity index (χ4v) is 2.74. The third kappa shape index (κ3) is 2.48. The van der Waals surface area contributed by atoms with Gasteiger partial charge in [0.2, 0.25) is 5.91 Å². The Morgan fingerprint density at radius 2 is 2.16 bits per heavy atom. The van der Waals surface area contributed by atoms with E-state index in [2.05, 4.69) is 5.32 Å². The summed E-state index contributed by atoms with van der Waals surface area (Å²) in [5, 5.41) is 11.8. The first-order valence-corrected chi connectivity index (χ1v) is 6.71. The number of carbonyl (C=O) groups excluding carboxylic acids is 1. The number of carboxylic acids is 1. The van der Waals surface area contributed by atoms with Crippen molar-refractivity contribution in [1.29, 1.82) is 0 Å². The second kappa shape index (κ2) is 4.37. The monoisotopic (exact) mass is 259 g/mol. The number of hydrogen-bond donors (Lipinski definition) is 2. The van der Waals surface area contributed by atoms with E-state index in [9.17, 15) is 9.59 Å². The molecule has 2 N–H and O–H groups in total. The Kier molecular flexibility index (Phi) is 2.81. The Hall–Kier alpha value is -1.84. The van der Waals surface area contributed by atoms with Crippen molar-refractivity contribution in [2.75, 3.05) is 6.54 Å². The molecule has 1 amide bonds. The van der Waals surface area contributed by atoms with Gasteiger partial charge in [-0.15, -0.1) is 0 Å². The van der Waals surface area contributed by atoms with Crippen LogP contribution < -0.4 is 5.32 Å². The van der Waals surface area contributed by atoms with Gasteiger partial charge in [0, 0.05) is 12.5 Å². The molecule has 3 rings (SSSR count). The summed E-state index contributed by atoms with van der Waals surface area (Å²) in [5.41, 5.74) is 1.63. The molecule has 0 aliphatic heterocycles. The topological polar surface area (TPSA) is 66.4 Å². The van der Waals surface area contributed by atoms with Crippen LogP contribution in [0.3, 0.4) is 0 Å². The number of benzene rings is 1. The summed E-state index contributed by atoms with van der Waals surface area (Å²) in [4.78, 5) is 22.7. The first kappa shape index (κ1) is 12.2. The summed E-state index contributed by atoms with van der Waals surface area (Å²) in [6, 6.07) is 6.86. The first-order valence-electron chi connectivity index (χ1n) is 6.71. The van der Waals surface area contributed by atoms with Crippen LogP contribution in [0.2, 0.25) is 0 Å². The van der Waals surface area contributed by atoms with Crippen LogP contribution in [0.25, 0.3) is 0 Å². The zero-order chi connectivity index (χ0) is 13.5. The fourth-order valence-electron chi connectivity index (χ4n) is 2.74. The van der Waals surface area contributed by atoms with Gasteiger partial charge in [-0.05, 0) is 48.8 Å². The molecule has 100 valence electrons. The number of aromatic carboxylic acids is 1. The van der Waals surface area contributed by atoms with Crippen molar-refractivity contribution in [3.63, 3.8) is 0 Å². The van der Waals surface area contributed by atoms with Crippen molar-refractivity contribution in [1.82, 2.24) is 5.32 Å². The second-order valence-electron chi connectivity index (χ2n) is 5.67. The molecule has 2 aliphatic carbocycles. The third-order valence-corrected chi connectivity index (χ3v) is 4.29. The number of carboxylic acid groups (broad SMARTS) is 1. The van der Waals surface area contributed by atoms with Gasteiger partial charge in [-0.3, -0.25) is 4.79 Å². The molecule has 4 heteroatoms. The zero-order valence-electron chi connectivity index (χ0n) is 10.7. The molecule has 1 atom stereocenters. The summed E-state index contributed by atoms with van der Waals surface area (Å²) in [6.45, 7) is 0.578. The van der Waals surface area contributed by atoms with E-state index in [0.717, 1.165) is 12.0 Å². The van der Waals surface area contributed by atoms with Crippen LogP contribution in [0.4, 0.5) is 0 Å². The third-order valence-electron chi connectivity index (χ3n) is 4.29. The van der Waals surface area contributed by atoms with E-state index in [4.69, 9.17) is 5.11 Å². The fraction of sp³-hybridized carbons (Fsp3) is 0.467. The molecule has 2 aliphatic rings. The van der Waals surface area contributed by atoms with Crippen LogP contribution in [0.15, 0.2) is 24.3 Å². The lowest BCUT2D eigenvalue weighted by atomic mass is 10.1. The van der Waals surface area contributed by atoms with E-state index >= 15 is 0 Å². The van der Waals surface area contributed by atoms with Crippen molar-refractivity contribution >= 4 is 11.9 Å². The Morgan fingerprint density at radius 1 is 1.37 bits per heavy atom. The van der Waals surface area contributed by atoms with Crippen molar-refractivity contribution in [2.45, 2.75) is 25.7 Å². The minimum atomic E-state index is -0.917. The molecule has 2 fully saturated rings. The largest absolute Gasteiger partial charge is 0.478 e. The van der Waals surface area contributed by atoms with Crippen LogP contribution in [-0.4, -0.2) is 23.5 Å². The maximum atomic E-state index is 11.8. The minimum absolute atomic E-state index is 0.173. The number of hydrogen-bond acceptors (Lipinski definition) is 2. The molecule has 19 heavy (non-hydrogen) atoms. The van der Waals surface area contributed by atoms with E-state index in [1.165, 1.54) is 12.8 Å². The predicted molar refractivity (Wildman–Crippen MR) is 69.9 cm³/mol. The molecule has 0 saturated heterocycles. The van der Waals surface area contributed by atoms with Crippen molar-refractivity contribution in [3.8, 4) is 0 Å². The maximum Gasteiger partial charge on any atom is 0.335 e. The van der Waals surface area contributed by atoms with Crippen LogP contribution >= 0.6 is 0 Å². The highest BCUT2D eigenvalue weighted by atomic mass is 16.4. The van der Waals surface area contributed by atoms with E-state index in [1.807, 2.05) is 6.07 Å². The second-order valence-corrected chi connectivity index (χ2v) is 5.67. The Bertz CT molecular complexity index is 534. The maximum absolute atomic E-state index is 11.8. The highest BCUT2D eigenvalue weighted by Crippen LogP contribution is 2.70. The van der Waals surface area contributed by atoms with Gasteiger partial charge in [0.05, 0.1) is 5.56 Å². The molecule has 1 aromatic carbocycles. The van der Waals surface area contributed by atoms with Crippen LogP contribution in [-0.2, 0) is 11.2 Å². The molecule has 0 radical (unpaired) electrons. The molecule has 1 aromatic rings. The number of nitrogens with one attached hydrogen (secondary N) is 1. The summed E-state index contributed by atoms with van der Waals surface area (Å²) < 4.78 is 0. The van der Waals surface area contributed by atoms with Gasteiger partial charge in [-0.2, -0.15) is 0 Å². The lowest BCUT2D eigenvalue weighted by molar-refractivity contribution is -0.122. The zero-order valence-corrected chi connectivity index (χ0v) is 10.7. The van der Waals surface area contributed by atoms with Crippen molar-refractivity contribution in [3.05, 3.63) is 35.4 Å². The highest BCUT2D eigenvalue weighted by molar-refractivity contribution is 5.87. The SMILES string of the molecule is O=C(O)c1cccc(CCNC(=O)C2CC23CC3)c1. The van der Waals surface area contributed by atoms with Crippen molar-refractivity contribution in [2.24, 2.45) is 11.3 Å². The average Bonchev–Trinajstić information content (AvgIpc) is 3.30. The highest BCUT2D eigenvalue weighted by Gasteiger charge is 2.65. The summed E-state index contributed by atoms with van der Waals surface area (Å²) in [5.74, 6) is -0.496. The van der Waals surface area contributed by atoms with E-state index < -0.39 is 5.97 Å². The van der Waals surface area contributed by atoms with E-state index in [1.54, 1.807) is 18.2 Å². The van der Waals surface area contributed by atoms with Crippen LogP contribution in [0.1, 0.15) is 35.2 Å². The van der Waals surface area contributed by atoms with E-state index in [-0.39, 0.29) is 11.8 Å². The predicted octanol–water partition coefficient (Wildman–Crippen LogP) is 1.84. The first-order chi connectivity index (χ1) is 9.11. The van der Waals surface area contributed by atoms with Gasteiger partial charge in [0.15, 0.2) is 0 Å². The quantitative estimate of drug-likeness (QED) is 0.848. The lowest BCUT2D eigenvalue weighted by Gasteiger charge is -2.05. The molecular formula is C15H17NO3. The lowest BCUT2D eigenvalue weighted by Crippen LogP contribution is -2.27. The Labute approximate surface area is 111 Å². The van der Waals surface area contributed by atoms with Gasteiger partial charge >= 0.3 is 5.97 Å². The van der Waals surface area contributed by atoms with Crippen LogP contribution in [0, 0.1) is 11.3 Å². The molecule has 4 nitrogen and oxygen atoms in total. The van der Waals surface area contributed by atoms with Crippen LogP contribution in [0.5, 0.6) is 0 Å². The molecule has 0 bridgehead atoms. The van der Waals surface area contributed by atoms with E-state index in [0.29, 0.717) is 23.9 Å². The van der Waals surface area contributed by atoms with Gasteiger partial charge in [0.25, 0.3) is 0 Å². The Balaban J connectivity index is 1.48. The molecular weight excluding hydrogens is 242 g/mol. The minimum Gasteiger partial charge on any atom is -0.478 e. The summed E-state index contributed by atoms with van der Waals surface area (Å²) >= 11 is 0. The molecule has 0 aromatic heterocycles. The number of carbonyl (C=O) groups is 2. The summed E-state index contributed by atoms with van der Waals surface area (Å²) in [7, 11) is 0. The summed E-state index contributed by atoms with van der Waals surface area (Å²) in [6.07, 6.45) is 4.16. The Morgan fingerprint density at radius 3 is 2.79 bits per heavy atom. The molecule has 2 saturated carbocycles. The average molecular weight is 259 g/mol. The van der Waals surface area contributed by atoms with Gasteiger partial charge < -0.3 is 10.4 Å². The number of amides is 1. The van der Waals surface area contributed by atoms with Gasteiger partial charge in [0.1, 0.15) is 0 Å². The number of rotatable bonds is 5. The molecule has 0 heterocycles. The molecule has 1 spiro atoms. The normalized spacial score (nSPS) is 22.0. The van der Waals surface area contributed by atoms with Gasteiger partial charge in [-0.1, -0.05) is 12.1 Å².